The number of unbranched alkanes of at least 4 members (excludes halogenated alkanes) is 3. The lowest BCUT2D eigenvalue weighted by Gasteiger charge is -2.14. The van der Waals surface area contributed by atoms with E-state index >= 15 is 0 Å². The molecule has 0 N–H and O–H groups in total. The zero-order chi connectivity index (χ0) is 16.2. The zero-order valence-corrected chi connectivity index (χ0v) is 14.3. The molecule has 0 bridgehead atoms. The first-order valence-corrected chi connectivity index (χ1v) is 8.59. The van der Waals surface area contributed by atoms with E-state index < -0.39 is 0 Å². The molecule has 0 heterocycles. The minimum Gasteiger partial charge on any atom is -0.462 e. The minimum absolute atomic E-state index is 0.176. The number of rotatable bonds is 10. The second-order valence-corrected chi connectivity index (χ2v) is 5.85. The Hall–Kier alpha value is -1.57. The van der Waals surface area contributed by atoms with Crippen LogP contribution in [-0.4, -0.2) is 12.6 Å². The lowest BCUT2D eigenvalue weighted by atomic mass is 9.91. The van der Waals surface area contributed by atoms with Crippen LogP contribution in [0.3, 0.4) is 0 Å². The normalized spacial score (nSPS) is 13.0. The third-order valence-electron chi connectivity index (χ3n) is 3.85. The quantitative estimate of drug-likeness (QED) is 0.317. The molecule has 0 amide bonds. The van der Waals surface area contributed by atoms with E-state index in [0.717, 1.165) is 24.8 Å². The Morgan fingerprint density at radius 1 is 1.09 bits per heavy atom. The molecule has 1 aromatic carbocycles. The van der Waals surface area contributed by atoms with Gasteiger partial charge in [-0.15, -0.1) is 0 Å². The summed E-state index contributed by atoms with van der Waals surface area (Å²) in [6, 6.07) is 10.4. The molecule has 0 aliphatic carbocycles. The van der Waals surface area contributed by atoms with Gasteiger partial charge in [0, 0.05) is 11.5 Å². The maximum absolute atomic E-state index is 12.0. The number of benzene rings is 1. The van der Waals surface area contributed by atoms with Crippen LogP contribution < -0.4 is 0 Å². The third kappa shape index (κ3) is 6.93. The molecule has 0 saturated heterocycles. The average molecular weight is 302 g/mol. The summed E-state index contributed by atoms with van der Waals surface area (Å²) in [6.07, 6.45) is 8.76. The van der Waals surface area contributed by atoms with Crippen molar-refractivity contribution in [3.63, 3.8) is 0 Å². The Balaban J connectivity index is 2.73. The highest BCUT2D eigenvalue weighted by atomic mass is 16.5. The molecule has 0 aliphatic rings. The predicted octanol–water partition coefficient (Wildman–Crippen LogP) is 5.64. The van der Waals surface area contributed by atoms with Gasteiger partial charge >= 0.3 is 5.97 Å². The number of carbonyl (C=O) groups excluding carboxylic acids is 1. The first kappa shape index (κ1) is 18.5. The summed E-state index contributed by atoms with van der Waals surface area (Å²) in [7, 11) is 0. The van der Waals surface area contributed by atoms with Gasteiger partial charge in [-0.1, -0.05) is 75.9 Å². The summed E-state index contributed by atoms with van der Waals surface area (Å²) in [5.74, 6) is 0.122. The molecule has 0 aliphatic heterocycles. The van der Waals surface area contributed by atoms with E-state index in [1.54, 1.807) is 0 Å². The molecular weight excluding hydrogens is 272 g/mol. The summed E-state index contributed by atoms with van der Waals surface area (Å²) < 4.78 is 5.30. The van der Waals surface area contributed by atoms with Crippen LogP contribution >= 0.6 is 0 Å². The molecule has 1 atom stereocenters. The van der Waals surface area contributed by atoms with Crippen molar-refractivity contribution in [3.05, 3.63) is 47.5 Å². The fraction of sp³-hybridized carbons (Fsp3) is 0.550. The minimum atomic E-state index is -0.176. The molecule has 2 heteroatoms. The van der Waals surface area contributed by atoms with E-state index in [2.05, 4.69) is 44.2 Å². The lowest BCUT2D eigenvalue weighted by Crippen LogP contribution is -2.08. The van der Waals surface area contributed by atoms with Gasteiger partial charge in [0.15, 0.2) is 0 Å². The highest BCUT2D eigenvalue weighted by Gasteiger charge is 2.12. The number of esters is 1. The van der Waals surface area contributed by atoms with Crippen molar-refractivity contribution in [1.29, 1.82) is 0 Å². The molecular formula is C20H30O2. The zero-order valence-electron chi connectivity index (χ0n) is 14.3. The molecule has 1 aromatic rings. The summed E-state index contributed by atoms with van der Waals surface area (Å²) in [6.45, 7) is 6.69. The average Bonchev–Trinajstić information content (AvgIpc) is 2.55. The molecule has 0 saturated carbocycles. The van der Waals surface area contributed by atoms with Gasteiger partial charge in [0.25, 0.3) is 0 Å². The van der Waals surface area contributed by atoms with Crippen molar-refractivity contribution in [2.75, 3.05) is 6.61 Å². The van der Waals surface area contributed by atoms with Crippen LogP contribution in [0, 0.1) is 0 Å². The number of ether oxygens (including phenoxy) is 1. The van der Waals surface area contributed by atoms with Gasteiger partial charge in [-0.25, -0.2) is 4.79 Å². The van der Waals surface area contributed by atoms with E-state index in [-0.39, 0.29) is 5.97 Å². The molecule has 1 unspecified atom stereocenters. The van der Waals surface area contributed by atoms with E-state index in [0.29, 0.717) is 12.5 Å². The monoisotopic (exact) mass is 302 g/mol. The van der Waals surface area contributed by atoms with Crippen LogP contribution in [-0.2, 0) is 9.53 Å². The van der Waals surface area contributed by atoms with Gasteiger partial charge in [0.1, 0.15) is 0 Å². The number of hydrogen-bond donors (Lipinski definition) is 0. The number of allylic oxidation sites excluding steroid dienone is 1. The Bertz CT molecular complexity index is 448. The largest absolute Gasteiger partial charge is 0.462 e. The summed E-state index contributed by atoms with van der Waals surface area (Å²) in [4.78, 5) is 12.0. The molecule has 2 nitrogen and oxygen atoms in total. The molecule has 122 valence electrons. The molecule has 0 radical (unpaired) electrons. The van der Waals surface area contributed by atoms with Gasteiger partial charge in [-0.2, -0.15) is 0 Å². The maximum Gasteiger partial charge on any atom is 0.333 e. The fourth-order valence-corrected chi connectivity index (χ4v) is 2.45. The first-order chi connectivity index (χ1) is 10.7. The molecule has 0 fully saturated rings. The molecule has 0 spiro atoms. The molecule has 0 aromatic heterocycles. The Morgan fingerprint density at radius 2 is 1.77 bits per heavy atom. The standard InChI is InChI=1S/C20H30O2/c1-4-6-9-14-19(18-12-10-8-11-13-18)16-17(3)20(21)22-15-7-5-2/h8,10-13,16,19H,4-7,9,14-15H2,1-3H3/b17-16+. The summed E-state index contributed by atoms with van der Waals surface area (Å²) >= 11 is 0. The second-order valence-electron chi connectivity index (χ2n) is 5.85. The van der Waals surface area contributed by atoms with Crippen molar-refractivity contribution in [2.24, 2.45) is 0 Å². The van der Waals surface area contributed by atoms with Crippen LogP contribution in [0.25, 0.3) is 0 Å². The highest BCUT2D eigenvalue weighted by molar-refractivity contribution is 5.87. The maximum atomic E-state index is 12.0. The molecule has 1 rings (SSSR count). The van der Waals surface area contributed by atoms with Gasteiger partial charge in [-0.3, -0.25) is 0 Å². The second kappa shape index (κ2) is 11.1. The summed E-state index contributed by atoms with van der Waals surface area (Å²) in [5, 5.41) is 0. The Kier molecular flexibility index (Phi) is 9.29. The third-order valence-corrected chi connectivity index (χ3v) is 3.85. The van der Waals surface area contributed by atoms with Crippen LogP contribution in [0.2, 0.25) is 0 Å². The van der Waals surface area contributed by atoms with Crippen molar-refractivity contribution in [1.82, 2.24) is 0 Å². The van der Waals surface area contributed by atoms with Crippen molar-refractivity contribution in [3.8, 4) is 0 Å². The van der Waals surface area contributed by atoms with Gasteiger partial charge in [0.05, 0.1) is 6.61 Å². The van der Waals surface area contributed by atoms with Crippen LogP contribution in [0.4, 0.5) is 0 Å². The van der Waals surface area contributed by atoms with Gasteiger partial charge in [0.2, 0.25) is 0 Å². The number of carbonyl (C=O) groups is 1. The number of hydrogen-bond acceptors (Lipinski definition) is 2. The Labute approximate surface area is 135 Å². The van der Waals surface area contributed by atoms with Crippen molar-refractivity contribution in [2.45, 2.75) is 65.2 Å². The fourth-order valence-electron chi connectivity index (χ4n) is 2.45. The van der Waals surface area contributed by atoms with Crippen LogP contribution in [0.5, 0.6) is 0 Å². The predicted molar refractivity (Wildman–Crippen MR) is 92.9 cm³/mol. The van der Waals surface area contributed by atoms with Gasteiger partial charge in [-0.05, 0) is 25.3 Å². The van der Waals surface area contributed by atoms with E-state index in [1.165, 1.54) is 24.8 Å². The molecule has 22 heavy (non-hydrogen) atoms. The van der Waals surface area contributed by atoms with E-state index in [9.17, 15) is 4.79 Å². The van der Waals surface area contributed by atoms with Crippen molar-refractivity contribution < 1.29 is 9.53 Å². The first-order valence-electron chi connectivity index (χ1n) is 8.59. The van der Waals surface area contributed by atoms with Gasteiger partial charge < -0.3 is 4.74 Å². The van der Waals surface area contributed by atoms with Crippen LogP contribution in [0.15, 0.2) is 42.0 Å². The van der Waals surface area contributed by atoms with E-state index in [1.807, 2.05) is 13.0 Å². The smallest absolute Gasteiger partial charge is 0.333 e. The van der Waals surface area contributed by atoms with E-state index in [4.69, 9.17) is 4.74 Å². The SMILES string of the molecule is CCCCCC(/C=C(\C)C(=O)OCCCC)c1ccccc1. The summed E-state index contributed by atoms with van der Waals surface area (Å²) in [5.41, 5.74) is 2.00. The Morgan fingerprint density at radius 3 is 2.41 bits per heavy atom. The highest BCUT2D eigenvalue weighted by Crippen LogP contribution is 2.25. The van der Waals surface area contributed by atoms with Crippen LogP contribution in [0.1, 0.15) is 70.8 Å². The van der Waals surface area contributed by atoms with Crippen molar-refractivity contribution >= 4 is 5.97 Å². The lowest BCUT2D eigenvalue weighted by molar-refractivity contribution is -0.139. The topological polar surface area (TPSA) is 26.3 Å².